The van der Waals surface area contributed by atoms with Gasteiger partial charge in [-0.25, -0.2) is 13.6 Å². The highest BCUT2D eigenvalue weighted by atomic mass is 19.2. The van der Waals surface area contributed by atoms with Crippen LogP contribution in [0.5, 0.6) is 0 Å². The van der Waals surface area contributed by atoms with E-state index in [-0.39, 0.29) is 6.61 Å². The second-order valence-corrected chi connectivity index (χ2v) is 5.22. The van der Waals surface area contributed by atoms with Crippen LogP contribution in [0.15, 0.2) is 12.1 Å². The number of carboxylic acid groups (broad SMARTS) is 1. The molecule has 0 saturated heterocycles. The summed E-state index contributed by atoms with van der Waals surface area (Å²) < 4.78 is 26.4. The maximum Gasteiger partial charge on any atom is 0.336 e. The monoisotopic (exact) mass is 299 g/mol. The largest absolute Gasteiger partial charge is 0.478 e. The number of amides is 1. The molecule has 114 valence electrons. The SMILES string of the molecule is O=C(O)c1cc(F)c(F)cc1C(=O)NC1(CO)CCCC1. The maximum atomic E-state index is 13.3. The van der Waals surface area contributed by atoms with Gasteiger partial charge in [0.15, 0.2) is 11.6 Å². The van der Waals surface area contributed by atoms with Crippen molar-refractivity contribution >= 4 is 11.9 Å². The predicted octanol–water partition coefficient (Wildman–Crippen LogP) is 1.70. The van der Waals surface area contributed by atoms with Crippen LogP contribution in [0, 0.1) is 11.6 Å². The molecule has 2 rings (SSSR count). The number of carbonyl (C=O) groups is 2. The van der Waals surface area contributed by atoms with Gasteiger partial charge in [0.05, 0.1) is 23.3 Å². The highest BCUT2D eigenvalue weighted by Crippen LogP contribution is 2.29. The summed E-state index contributed by atoms with van der Waals surface area (Å²) in [6.07, 6.45) is 2.76. The Kier molecular flexibility index (Phi) is 4.22. The van der Waals surface area contributed by atoms with Gasteiger partial charge in [-0.3, -0.25) is 4.79 Å². The summed E-state index contributed by atoms with van der Waals surface area (Å²) in [6, 6.07) is 1.04. The van der Waals surface area contributed by atoms with Crippen LogP contribution in [-0.2, 0) is 0 Å². The Bertz CT molecular complexity index is 583. The normalized spacial score (nSPS) is 16.7. The fraction of sp³-hybridized carbons (Fsp3) is 0.429. The lowest BCUT2D eigenvalue weighted by atomic mass is 9.97. The molecule has 21 heavy (non-hydrogen) atoms. The molecule has 0 radical (unpaired) electrons. The summed E-state index contributed by atoms with van der Waals surface area (Å²) in [6.45, 7) is -0.287. The summed E-state index contributed by atoms with van der Waals surface area (Å²) in [5, 5.41) is 21.0. The number of aromatic carboxylic acids is 1. The second kappa shape index (κ2) is 5.77. The third-order valence-corrected chi connectivity index (χ3v) is 3.78. The highest BCUT2D eigenvalue weighted by Gasteiger charge is 2.35. The molecule has 1 aromatic carbocycles. The Balaban J connectivity index is 2.34. The number of benzene rings is 1. The summed E-state index contributed by atoms with van der Waals surface area (Å²) in [4.78, 5) is 23.2. The van der Waals surface area contributed by atoms with Gasteiger partial charge in [0.1, 0.15) is 0 Å². The van der Waals surface area contributed by atoms with E-state index in [2.05, 4.69) is 5.32 Å². The number of hydrogen-bond acceptors (Lipinski definition) is 3. The molecule has 7 heteroatoms. The van der Waals surface area contributed by atoms with E-state index in [1.807, 2.05) is 0 Å². The van der Waals surface area contributed by atoms with Crippen molar-refractivity contribution in [3.8, 4) is 0 Å². The number of nitrogens with one attached hydrogen (secondary N) is 1. The van der Waals surface area contributed by atoms with Crippen molar-refractivity contribution in [2.45, 2.75) is 31.2 Å². The third kappa shape index (κ3) is 3.02. The molecule has 1 amide bonds. The zero-order chi connectivity index (χ0) is 15.6. The molecule has 0 heterocycles. The lowest BCUT2D eigenvalue weighted by molar-refractivity contribution is 0.0686. The molecule has 0 bridgehead atoms. The number of carbonyl (C=O) groups excluding carboxylic acids is 1. The molecule has 0 unspecified atom stereocenters. The van der Waals surface area contributed by atoms with Crippen LogP contribution in [0.2, 0.25) is 0 Å². The first-order valence-corrected chi connectivity index (χ1v) is 6.54. The van der Waals surface area contributed by atoms with Crippen LogP contribution in [0.1, 0.15) is 46.4 Å². The minimum Gasteiger partial charge on any atom is -0.478 e. The number of aliphatic hydroxyl groups excluding tert-OH is 1. The number of carboxylic acids is 1. The van der Waals surface area contributed by atoms with Crippen LogP contribution in [0.25, 0.3) is 0 Å². The summed E-state index contributed by atoms with van der Waals surface area (Å²) in [5.41, 5.74) is -1.89. The van der Waals surface area contributed by atoms with E-state index in [1.54, 1.807) is 0 Å². The Morgan fingerprint density at radius 3 is 2.14 bits per heavy atom. The third-order valence-electron chi connectivity index (χ3n) is 3.78. The summed E-state index contributed by atoms with van der Waals surface area (Å²) >= 11 is 0. The average Bonchev–Trinajstić information content (AvgIpc) is 2.90. The van der Waals surface area contributed by atoms with Gasteiger partial charge in [-0.15, -0.1) is 0 Å². The lowest BCUT2D eigenvalue weighted by Gasteiger charge is -2.28. The molecule has 1 aliphatic rings. The topological polar surface area (TPSA) is 86.6 Å². The lowest BCUT2D eigenvalue weighted by Crippen LogP contribution is -2.49. The highest BCUT2D eigenvalue weighted by molar-refractivity contribution is 6.05. The minimum absolute atomic E-state index is 0.287. The quantitative estimate of drug-likeness (QED) is 0.789. The summed E-state index contributed by atoms with van der Waals surface area (Å²) in [7, 11) is 0. The predicted molar refractivity (Wildman–Crippen MR) is 69.1 cm³/mol. The van der Waals surface area contributed by atoms with Crippen LogP contribution in [0.3, 0.4) is 0 Å². The van der Waals surface area contributed by atoms with Gasteiger partial charge >= 0.3 is 5.97 Å². The molecule has 5 nitrogen and oxygen atoms in total. The molecule has 0 aliphatic heterocycles. The van der Waals surface area contributed by atoms with E-state index in [0.29, 0.717) is 25.0 Å². The molecule has 0 aromatic heterocycles. The van der Waals surface area contributed by atoms with E-state index in [4.69, 9.17) is 5.11 Å². The standard InChI is InChI=1S/C14H15F2NO4/c15-10-5-8(9(13(20)21)6-11(10)16)12(19)17-14(7-18)3-1-2-4-14/h5-6,18H,1-4,7H2,(H,17,19)(H,20,21). The molecule has 3 N–H and O–H groups in total. The van der Waals surface area contributed by atoms with Gasteiger partial charge < -0.3 is 15.5 Å². The molecule has 1 aromatic rings. The molecular formula is C14H15F2NO4. The van der Waals surface area contributed by atoms with Gasteiger partial charge in [-0.1, -0.05) is 12.8 Å². The first-order chi connectivity index (χ1) is 9.88. The van der Waals surface area contributed by atoms with Crippen molar-refractivity contribution in [2.75, 3.05) is 6.61 Å². The number of aliphatic hydroxyl groups is 1. The first kappa shape index (κ1) is 15.4. The van der Waals surface area contributed by atoms with E-state index in [9.17, 15) is 23.5 Å². The van der Waals surface area contributed by atoms with Crippen LogP contribution < -0.4 is 5.32 Å². The van der Waals surface area contributed by atoms with Gasteiger partial charge in [-0.2, -0.15) is 0 Å². The van der Waals surface area contributed by atoms with Gasteiger partial charge in [0.25, 0.3) is 5.91 Å². The van der Waals surface area contributed by atoms with Crippen molar-refractivity contribution in [3.63, 3.8) is 0 Å². The zero-order valence-electron chi connectivity index (χ0n) is 11.2. The van der Waals surface area contributed by atoms with Crippen LogP contribution in [-0.4, -0.2) is 34.2 Å². The van der Waals surface area contributed by atoms with Crippen molar-refractivity contribution < 1.29 is 28.6 Å². The fourth-order valence-electron chi connectivity index (χ4n) is 2.59. The van der Waals surface area contributed by atoms with Gasteiger partial charge in [-0.05, 0) is 25.0 Å². The zero-order valence-corrected chi connectivity index (χ0v) is 11.2. The number of rotatable bonds is 4. The molecular weight excluding hydrogens is 284 g/mol. The van der Waals surface area contributed by atoms with Crippen molar-refractivity contribution in [1.82, 2.24) is 5.32 Å². The van der Waals surface area contributed by atoms with E-state index in [1.165, 1.54) is 0 Å². The summed E-state index contributed by atoms with van der Waals surface area (Å²) in [5.74, 6) is -4.98. The molecule has 0 atom stereocenters. The Morgan fingerprint density at radius 1 is 1.14 bits per heavy atom. The van der Waals surface area contributed by atoms with Crippen LogP contribution in [0.4, 0.5) is 8.78 Å². The van der Waals surface area contributed by atoms with Crippen molar-refractivity contribution in [1.29, 1.82) is 0 Å². The fourth-order valence-corrected chi connectivity index (χ4v) is 2.59. The Morgan fingerprint density at radius 2 is 1.67 bits per heavy atom. The van der Waals surface area contributed by atoms with E-state index < -0.39 is 40.2 Å². The Labute approximate surface area is 119 Å². The van der Waals surface area contributed by atoms with Gasteiger partial charge in [0, 0.05) is 0 Å². The molecule has 1 saturated carbocycles. The molecule has 0 spiro atoms. The van der Waals surface area contributed by atoms with Crippen molar-refractivity contribution in [2.24, 2.45) is 0 Å². The molecule has 1 aliphatic carbocycles. The number of halogens is 2. The number of hydrogen-bond donors (Lipinski definition) is 3. The minimum atomic E-state index is -1.52. The van der Waals surface area contributed by atoms with E-state index in [0.717, 1.165) is 12.8 Å². The Hall–Kier alpha value is -2.02. The van der Waals surface area contributed by atoms with Gasteiger partial charge in [0.2, 0.25) is 0 Å². The average molecular weight is 299 g/mol. The second-order valence-electron chi connectivity index (χ2n) is 5.22. The first-order valence-electron chi connectivity index (χ1n) is 6.54. The molecule has 1 fully saturated rings. The maximum absolute atomic E-state index is 13.3. The van der Waals surface area contributed by atoms with Crippen molar-refractivity contribution in [3.05, 3.63) is 34.9 Å². The van der Waals surface area contributed by atoms with Crippen LogP contribution >= 0.6 is 0 Å². The van der Waals surface area contributed by atoms with E-state index >= 15 is 0 Å². The smallest absolute Gasteiger partial charge is 0.336 e.